The highest BCUT2D eigenvalue weighted by molar-refractivity contribution is 5.91. The molecule has 0 N–H and O–H groups in total. The van der Waals surface area contributed by atoms with Crippen LogP contribution in [0.4, 0.5) is 0 Å². The van der Waals surface area contributed by atoms with Gasteiger partial charge in [0.2, 0.25) is 0 Å². The lowest BCUT2D eigenvalue weighted by Crippen LogP contribution is -2.32. The Labute approximate surface area is 89.6 Å². The van der Waals surface area contributed by atoms with Crippen molar-refractivity contribution < 1.29 is 9.53 Å². The molecule has 0 amide bonds. The third kappa shape index (κ3) is 1.80. The number of benzene rings is 1. The second-order valence-corrected chi connectivity index (χ2v) is 3.78. The Morgan fingerprint density at radius 1 is 1.33 bits per heavy atom. The van der Waals surface area contributed by atoms with Crippen LogP contribution in [0.3, 0.4) is 0 Å². The molecule has 0 radical (unpaired) electrons. The molecule has 1 atom stereocenters. The van der Waals surface area contributed by atoms with E-state index in [-0.39, 0.29) is 5.78 Å². The molecule has 2 nitrogen and oxygen atoms in total. The lowest BCUT2D eigenvalue weighted by molar-refractivity contribution is -0.123. The molecule has 0 saturated heterocycles. The molecule has 1 unspecified atom stereocenters. The van der Waals surface area contributed by atoms with E-state index in [9.17, 15) is 4.79 Å². The maximum Gasteiger partial charge on any atom is 0.163 e. The first-order valence-corrected chi connectivity index (χ1v) is 5.19. The number of hydrogen-bond acceptors (Lipinski definition) is 2. The molecule has 2 heteroatoms. The molecule has 0 spiro atoms. The van der Waals surface area contributed by atoms with Gasteiger partial charge in [-0.25, -0.2) is 0 Å². The lowest BCUT2D eigenvalue weighted by atomic mass is 9.85. The molecule has 1 heterocycles. The van der Waals surface area contributed by atoms with Crippen molar-refractivity contribution >= 4 is 5.78 Å². The number of hydrogen-bond donors (Lipinski definition) is 0. The molecule has 2 rings (SSSR count). The minimum Gasteiger partial charge on any atom is -0.490 e. The minimum absolute atomic E-state index is 0.131. The van der Waals surface area contributed by atoms with Crippen LogP contribution >= 0.6 is 0 Å². The maximum absolute atomic E-state index is 11.4. The van der Waals surface area contributed by atoms with Crippen LogP contribution in [0.1, 0.15) is 25.3 Å². The smallest absolute Gasteiger partial charge is 0.163 e. The Balaban J connectivity index is 2.38. The van der Waals surface area contributed by atoms with Crippen LogP contribution in [0, 0.1) is 0 Å². The summed E-state index contributed by atoms with van der Waals surface area (Å²) in [5, 5.41) is 0. The Morgan fingerprint density at radius 3 is 2.67 bits per heavy atom. The molecular weight excluding hydrogens is 188 g/mol. The average Bonchev–Trinajstić information content (AvgIpc) is 2.30. The van der Waals surface area contributed by atoms with Crippen molar-refractivity contribution in [2.24, 2.45) is 0 Å². The van der Waals surface area contributed by atoms with Gasteiger partial charge in [0.05, 0.1) is 12.7 Å². The summed E-state index contributed by atoms with van der Waals surface area (Å²) in [5.74, 6) is 0.131. The normalized spacial score (nSPS) is 25.0. The van der Waals surface area contributed by atoms with E-state index in [2.05, 4.69) is 0 Å². The van der Waals surface area contributed by atoms with E-state index in [4.69, 9.17) is 4.74 Å². The summed E-state index contributed by atoms with van der Waals surface area (Å²) in [5.41, 5.74) is 0.623. The molecule has 0 saturated carbocycles. The third-order valence-electron chi connectivity index (χ3n) is 2.88. The van der Waals surface area contributed by atoms with Crippen molar-refractivity contribution in [3.63, 3.8) is 0 Å². The van der Waals surface area contributed by atoms with Crippen LogP contribution in [-0.4, -0.2) is 5.78 Å². The predicted octanol–water partition coefficient (Wildman–Crippen LogP) is 2.80. The van der Waals surface area contributed by atoms with E-state index >= 15 is 0 Å². The first kappa shape index (κ1) is 9.97. The average molecular weight is 202 g/mol. The maximum atomic E-state index is 11.4. The SMILES string of the molecule is CCC1(c2ccccc2)CC(=O)C=CO1. The summed E-state index contributed by atoms with van der Waals surface area (Å²) < 4.78 is 5.67. The summed E-state index contributed by atoms with van der Waals surface area (Å²) in [4.78, 5) is 11.4. The molecule has 1 aliphatic rings. The van der Waals surface area contributed by atoms with Gasteiger partial charge < -0.3 is 4.74 Å². The molecule has 1 aromatic rings. The van der Waals surface area contributed by atoms with Crippen LogP contribution in [0.25, 0.3) is 0 Å². The van der Waals surface area contributed by atoms with Crippen molar-refractivity contribution in [3.05, 3.63) is 48.2 Å². The van der Waals surface area contributed by atoms with Crippen LogP contribution in [0.5, 0.6) is 0 Å². The highest BCUT2D eigenvalue weighted by Gasteiger charge is 2.35. The van der Waals surface area contributed by atoms with Gasteiger partial charge in [-0.15, -0.1) is 0 Å². The van der Waals surface area contributed by atoms with Gasteiger partial charge in [-0.05, 0) is 12.0 Å². The largest absolute Gasteiger partial charge is 0.490 e. The number of rotatable bonds is 2. The second-order valence-electron chi connectivity index (χ2n) is 3.78. The molecule has 0 aromatic heterocycles. The number of carbonyl (C=O) groups is 1. The van der Waals surface area contributed by atoms with Gasteiger partial charge in [0, 0.05) is 6.08 Å². The fourth-order valence-corrected chi connectivity index (χ4v) is 1.95. The molecular formula is C13H14O2. The van der Waals surface area contributed by atoms with Crippen LogP contribution in [0.2, 0.25) is 0 Å². The second kappa shape index (κ2) is 3.89. The van der Waals surface area contributed by atoms with Crippen molar-refractivity contribution in [1.29, 1.82) is 0 Å². The van der Waals surface area contributed by atoms with E-state index in [0.717, 1.165) is 12.0 Å². The Bertz CT molecular complexity index is 381. The molecule has 0 fully saturated rings. The topological polar surface area (TPSA) is 26.3 Å². The van der Waals surface area contributed by atoms with Crippen molar-refractivity contribution in [3.8, 4) is 0 Å². The quantitative estimate of drug-likeness (QED) is 0.737. The summed E-state index contributed by atoms with van der Waals surface area (Å²) in [6, 6.07) is 9.93. The highest BCUT2D eigenvalue weighted by atomic mass is 16.5. The molecule has 15 heavy (non-hydrogen) atoms. The van der Waals surface area contributed by atoms with E-state index in [0.29, 0.717) is 6.42 Å². The van der Waals surface area contributed by atoms with E-state index < -0.39 is 5.60 Å². The van der Waals surface area contributed by atoms with Gasteiger partial charge in [-0.3, -0.25) is 4.79 Å². The zero-order chi connectivity index (χ0) is 10.7. The van der Waals surface area contributed by atoms with Gasteiger partial charge in [-0.1, -0.05) is 37.3 Å². The monoisotopic (exact) mass is 202 g/mol. The van der Waals surface area contributed by atoms with Gasteiger partial charge >= 0.3 is 0 Å². The number of allylic oxidation sites excluding steroid dienone is 1. The zero-order valence-corrected chi connectivity index (χ0v) is 8.77. The van der Waals surface area contributed by atoms with Crippen LogP contribution in [0.15, 0.2) is 42.7 Å². The van der Waals surface area contributed by atoms with Crippen molar-refractivity contribution in [2.45, 2.75) is 25.4 Å². The third-order valence-corrected chi connectivity index (χ3v) is 2.88. The first-order chi connectivity index (χ1) is 7.27. The van der Waals surface area contributed by atoms with Gasteiger partial charge in [0.25, 0.3) is 0 Å². The van der Waals surface area contributed by atoms with Crippen molar-refractivity contribution in [1.82, 2.24) is 0 Å². The van der Waals surface area contributed by atoms with E-state index in [1.54, 1.807) is 0 Å². The lowest BCUT2D eigenvalue weighted by Gasteiger charge is -2.34. The summed E-state index contributed by atoms with van der Waals surface area (Å²) >= 11 is 0. The molecule has 1 aliphatic heterocycles. The highest BCUT2D eigenvalue weighted by Crippen LogP contribution is 2.35. The van der Waals surface area contributed by atoms with Crippen LogP contribution in [-0.2, 0) is 15.1 Å². The fourth-order valence-electron chi connectivity index (χ4n) is 1.95. The van der Waals surface area contributed by atoms with Crippen LogP contribution < -0.4 is 0 Å². The van der Waals surface area contributed by atoms with Crippen molar-refractivity contribution in [2.75, 3.05) is 0 Å². The van der Waals surface area contributed by atoms with Gasteiger partial charge in [0.15, 0.2) is 5.78 Å². The Morgan fingerprint density at radius 2 is 2.07 bits per heavy atom. The summed E-state index contributed by atoms with van der Waals surface area (Å²) in [6.07, 6.45) is 4.25. The molecule has 0 aliphatic carbocycles. The summed E-state index contributed by atoms with van der Waals surface area (Å²) in [6.45, 7) is 2.04. The fraction of sp³-hybridized carbons (Fsp3) is 0.308. The Hall–Kier alpha value is -1.57. The Kier molecular flexibility index (Phi) is 2.58. The van der Waals surface area contributed by atoms with E-state index in [1.807, 2.05) is 37.3 Å². The number of ketones is 1. The molecule has 78 valence electrons. The van der Waals surface area contributed by atoms with Gasteiger partial charge in [-0.2, -0.15) is 0 Å². The van der Waals surface area contributed by atoms with Gasteiger partial charge in [0.1, 0.15) is 5.60 Å². The predicted molar refractivity (Wildman–Crippen MR) is 58.3 cm³/mol. The zero-order valence-electron chi connectivity index (χ0n) is 8.77. The minimum atomic E-state index is -0.451. The van der Waals surface area contributed by atoms with E-state index in [1.165, 1.54) is 12.3 Å². The first-order valence-electron chi connectivity index (χ1n) is 5.19. The number of ether oxygens (including phenoxy) is 1. The standard InChI is InChI=1S/C13H14O2/c1-2-13(10-12(14)8-9-15-13)11-6-4-3-5-7-11/h3-9H,2,10H2,1H3. The molecule has 1 aromatic carbocycles. The summed E-state index contributed by atoms with van der Waals surface area (Å²) in [7, 11) is 0. The molecule has 0 bridgehead atoms. The number of carbonyl (C=O) groups excluding carboxylic acids is 1.